The van der Waals surface area contributed by atoms with Crippen LogP contribution in [-0.4, -0.2) is 29.3 Å². The standard InChI is InChI=1S/C13H27NOS/c1-4-16-9-5-6-13(10-14)8-7-12(2,3)11(13)15/h11,15H,4-10,14H2,1-3H3. The van der Waals surface area contributed by atoms with Crippen LogP contribution < -0.4 is 5.73 Å². The van der Waals surface area contributed by atoms with Gasteiger partial charge in [0.05, 0.1) is 6.10 Å². The van der Waals surface area contributed by atoms with Crippen LogP contribution in [0.4, 0.5) is 0 Å². The summed E-state index contributed by atoms with van der Waals surface area (Å²) in [5.41, 5.74) is 5.98. The molecule has 0 amide bonds. The van der Waals surface area contributed by atoms with Gasteiger partial charge in [0, 0.05) is 12.0 Å². The Labute approximate surface area is 104 Å². The maximum Gasteiger partial charge on any atom is 0.0659 e. The highest BCUT2D eigenvalue weighted by Crippen LogP contribution is 2.51. The quantitative estimate of drug-likeness (QED) is 0.707. The van der Waals surface area contributed by atoms with E-state index in [4.69, 9.17) is 5.73 Å². The molecule has 0 aliphatic heterocycles. The van der Waals surface area contributed by atoms with Crippen molar-refractivity contribution in [3.8, 4) is 0 Å². The highest BCUT2D eigenvalue weighted by molar-refractivity contribution is 7.99. The van der Waals surface area contributed by atoms with E-state index in [1.165, 1.54) is 17.9 Å². The molecule has 0 aromatic rings. The lowest BCUT2D eigenvalue weighted by Gasteiger charge is -2.36. The lowest BCUT2D eigenvalue weighted by Crippen LogP contribution is -2.42. The van der Waals surface area contributed by atoms with E-state index in [-0.39, 0.29) is 16.9 Å². The van der Waals surface area contributed by atoms with Crippen molar-refractivity contribution in [2.24, 2.45) is 16.6 Å². The number of hydrogen-bond acceptors (Lipinski definition) is 3. The van der Waals surface area contributed by atoms with Gasteiger partial charge in [-0.15, -0.1) is 0 Å². The summed E-state index contributed by atoms with van der Waals surface area (Å²) in [4.78, 5) is 0. The zero-order chi connectivity index (χ0) is 12.2. The van der Waals surface area contributed by atoms with E-state index < -0.39 is 0 Å². The molecule has 3 heteroatoms. The van der Waals surface area contributed by atoms with Crippen molar-refractivity contribution in [2.45, 2.75) is 52.6 Å². The first-order valence-corrected chi connectivity index (χ1v) is 7.60. The Bertz CT molecular complexity index is 220. The van der Waals surface area contributed by atoms with Crippen LogP contribution in [0, 0.1) is 10.8 Å². The van der Waals surface area contributed by atoms with E-state index in [1.54, 1.807) is 0 Å². The second-order valence-corrected chi connectivity index (χ2v) is 7.15. The SMILES string of the molecule is CCSCCCC1(CN)CCC(C)(C)C1O. The molecule has 1 saturated carbocycles. The first-order chi connectivity index (χ1) is 7.48. The molecule has 0 spiro atoms. The third-order valence-electron chi connectivity index (χ3n) is 4.16. The van der Waals surface area contributed by atoms with E-state index in [0.717, 1.165) is 19.3 Å². The van der Waals surface area contributed by atoms with Gasteiger partial charge in [-0.05, 0) is 42.6 Å². The van der Waals surface area contributed by atoms with Gasteiger partial charge in [-0.3, -0.25) is 0 Å². The van der Waals surface area contributed by atoms with Crippen molar-refractivity contribution in [1.82, 2.24) is 0 Å². The molecule has 16 heavy (non-hydrogen) atoms. The van der Waals surface area contributed by atoms with Gasteiger partial charge in [-0.2, -0.15) is 11.8 Å². The zero-order valence-electron chi connectivity index (χ0n) is 11.0. The normalized spacial score (nSPS) is 33.2. The minimum Gasteiger partial charge on any atom is -0.392 e. The predicted octanol–water partition coefficient (Wildman–Crippen LogP) is 2.65. The molecular weight excluding hydrogens is 218 g/mol. The summed E-state index contributed by atoms with van der Waals surface area (Å²) in [7, 11) is 0. The van der Waals surface area contributed by atoms with Crippen LogP contribution in [0.5, 0.6) is 0 Å². The van der Waals surface area contributed by atoms with Gasteiger partial charge in [0.15, 0.2) is 0 Å². The molecule has 1 aliphatic carbocycles. The number of aliphatic hydroxyl groups is 1. The summed E-state index contributed by atoms with van der Waals surface area (Å²) >= 11 is 1.98. The van der Waals surface area contributed by atoms with Crippen molar-refractivity contribution in [2.75, 3.05) is 18.1 Å². The molecule has 96 valence electrons. The molecular formula is C13H27NOS. The van der Waals surface area contributed by atoms with Crippen LogP contribution in [-0.2, 0) is 0 Å². The number of hydrogen-bond donors (Lipinski definition) is 2. The van der Waals surface area contributed by atoms with Gasteiger partial charge < -0.3 is 10.8 Å². The van der Waals surface area contributed by atoms with Crippen LogP contribution in [0.1, 0.15) is 46.5 Å². The molecule has 1 aliphatic rings. The van der Waals surface area contributed by atoms with Crippen LogP contribution in [0.3, 0.4) is 0 Å². The molecule has 2 atom stereocenters. The first kappa shape index (κ1) is 14.3. The maximum atomic E-state index is 10.4. The monoisotopic (exact) mass is 245 g/mol. The molecule has 3 N–H and O–H groups in total. The average Bonchev–Trinajstić information content (AvgIpc) is 2.49. The van der Waals surface area contributed by atoms with Gasteiger partial charge in [0.25, 0.3) is 0 Å². The molecule has 0 aromatic heterocycles. The van der Waals surface area contributed by atoms with Crippen molar-refractivity contribution < 1.29 is 5.11 Å². The summed E-state index contributed by atoms with van der Waals surface area (Å²) < 4.78 is 0. The van der Waals surface area contributed by atoms with Crippen molar-refractivity contribution in [3.63, 3.8) is 0 Å². The molecule has 2 unspecified atom stereocenters. The largest absolute Gasteiger partial charge is 0.392 e. The minimum atomic E-state index is -0.225. The fourth-order valence-electron chi connectivity index (χ4n) is 2.92. The Kier molecular flexibility index (Phi) is 5.14. The van der Waals surface area contributed by atoms with E-state index in [2.05, 4.69) is 20.8 Å². The predicted molar refractivity (Wildman–Crippen MR) is 72.7 cm³/mol. The Hall–Kier alpha value is 0.270. The molecule has 0 aromatic carbocycles. The Morgan fingerprint density at radius 3 is 2.50 bits per heavy atom. The summed E-state index contributed by atoms with van der Waals surface area (Å²) in [6.07, 6.45) is 4.24. The summed E-state index contributed by atoms with van der Waals surface area (Å²) in [5, 5.41) is 10.4. The molecule has 0 saturated heterocycles. The fraction of sp³-hybridized carbons (Fsp3) is 1.00. The molecule has 1 rings (SSSR count). The third kappa shape index (κ3) is 2.93. The molecule has 0 bridgehead atoms. The number of nitrogens with two attached hydrogens (primary N) is 1. The van der Waals surface area contributed by atoms with Gasteiger partial charge in [0.2, 0.25) is 0 Å². The van der Waals surface area contributed by atoms with E-state index in [1.807, 2.05) is 11.8 Å². The number of aliphatic hydroxyl groups excluding tert-OH is 1. The van der Waals surface area contributed by atoms with Gasteiger partial charge in [0.1, 0.15) is 0 Å². The van der Waals surface area contributed by atoms with Gasteiger partial charge in [-0.1, -0.05) is 20.8 Å². The van der Waals surface area contributed by atoms with E-state index >= 15 is 0 Å². The second kappa shape index (κ2) is 5.74. The van der Waals surface area contributed by atoms with Gasteiger partial charge >= 0.3 is 0 Å². The third-order valence-corrected chi connectivity index (χ3v) is 5.15. The lowest BCUT2D eigenvalue weighted by atomic mass is 9.75. The van der Waals surface area contributed by atoms with Crippen molar-refractivity contribution >= 4 is 11.8 Å². The fourth-order valence-corrected chi connectivity index (χ4v) is 3.56. The first-order valence-electron chi connectivity index (χ1n) is 6.44. The Balaban J connectivity index is 2.52. The van der Waals surface area contributed by atoms with Crippen LogP contribution in [0.15, 0.2) is 0 Å². The van der Waals surface area contributed by atoms with Crippen molar-refractivity contribution in [3.05, 3.63) is 0 Å². The maximum absolute atomic E-state index is 10.4. The second-order valence-electron chi connectivity index (χ2n) is 5.76. The Morgan fingerprint density at radius 1 is 1.38 bits per heavy atom. The molecule has 2 nitrogen and oxygen atoms in total. The zero-order valence-corrected chi connectivity index (χ0v) is 11.8. The molecule has 0 heterocycles. The highest BCUT2D eigenvalue weighted by atomic mass is 32.2. The summed E-state index contributed by atoms with van der Waals surface area (Å²) in [5.74, 6) is 2.38. The van der Waals surface area contributed by atoms with Crippen LogP contribution in [0.2, 0.25) is 0 Å². The minimum absolute atomic E-state index is 0.00218. The smallest absolute Gasteiger partial charge is 0.0659 e. The summed E-state index contributed by atoms with van der Waals surface area (Å²) in [6.45, 7) is 7.15. The van der Waals surface area contributed by atoms with E-state index in [9.17, 15) is 5.11 Å². The number of thioether (sulfide) groups is 1. The van der Waals surface area contributed by atoms with Crippen LogP contribution >= 0.6 is 11.8 Å². The average molecular weight is 245 g/mol. The van der Waals surface area contributed by atoms with Crippen LogP contribution in [0.25, 0.3) is 0 Å². The van der Waals surface area contributed by atoms with E-state index in [0.29, 0.717) is 6.54 Å². The number of rotatable bonds is 6. The Morgan fingerprint density at radius 2 is 2.06 bits per heavy atom. The highest BCUT2D eigenvalue weighted by Gasteiger charge is 2.50. The summed E-state index contributed by atoms with van der Waals surface area (Å²) in [6, 6.07) is 0. The molecule has 1 fully saturated rings. The topological polar surface area (TPSA) is 46.2 Å². The molecule has 0 radical (unpaired) electrons. The van der Waals surface area contributed by atoms with Gasteiger partial charge in [-0.25, -0.2) is 0 Å². The lowest BCUT2D eigenvalue weighted by molar-refractivity contribution is -0.00926. The van der Waals surface area contributed by atoms with Crippen molar-refractivity contribution in [1.29, 1.82) is 0 Å².